The topological polar surface area (TPSA) is 47.4 Å². The van der Waals surface area contributed by atoms with E-state index in [0.717, 1.165) is 29.5 Å². The molecule has 2 aromatic rings. The molecule has 1 saturated carbocycles. The van der Waals surface area contributed by atoms with Crippen molar-refractivity contribution in [2.45, 2.75) is 57.4 Å². The molecule has 1 aromatic heterocycles. The highest BCUT2D eigenvalue weighted by Gasteiger charge is 2.39. The Kier molecular flexibility index (Phi) is 5.25. The van der Waals surface area contributed by atoms with E-state index in [1.54, 1.807) is 0 Å². The molecule has 152 valence electrons. The number of hydrogen-bond acceptors (Lipinski definition) is 3. The van der Waals surface area contributed by atoms with E-state index >= 15 is 0 Å². The molecule has 0 atom stereocenters. The highest BCUT2D eigenvalue weighted by atomic mass is 19.3. The van der Waals surface area contributed by atoms with E-state index in [1.807, 2.05) is 40.9 Å². The summed E-state index contributed by atoms with van der Waals surface area (Å²) in [6.45, 7) is 3.91. The molecule has 1 saturated heterocycles. The van der Waals surface area contributed by atoms with Gasteiger partial charge in [-0.1, -0.05) is 0 Å². The lowest BCUT2D eigenvalue weighted by molar-refractivity contribution is -0.141. The third-order valence-electron chi connectivity index (χ3n) is 6.07. The largest absolute Gasteiger partial charge is 0.494 e. The van der Waals surface area contributed by atoms with Crippen LogP contribution in [-0.4, -0.2) is 46.2 Å². The van der Waals surface area contributed by atoms with Crippen LogP contribution in [-0.2, 0) is 4.79 Å². The summed E-state index contributed by atoms with van der Waals surface area (Å²) in [6.07, 6.45) is 3.80. The number of rotatable bonds is 4. The first-order valence-electron chi connectivity index (χ1n) is 10.2. The van der Waals surface area contributed by atoms with Crippen LogP contribution < -0.4 is 4.74 Å². The van der Waals surface area contributed by atoms with E-state index in [0.29, 0.717) is 32.5 Å². The number of aromatic nitrogens is 2. The average Bonchev–Trinajstić information content (AvgIpc) is 3.11. The zero-order valence-electron chi connectivity index (χ0n) is 16.2. The summed E-state index contributed by atoms with van der Waals surface area (Å²) in [5, 5.41) is 5.62. The van der Waals surface area contributed by atoms with Crippen molar-refractivity contribution in [1.29, 1.82) is 0 Å². The third kappa shape index (κ3) is 3.84. The second-order valence-corrected chi connectivity index (χ2v) is 7.93. The number of carbonyl (C=O) groups is 1. The summed E-state index contributed by atoms with van der Waals surface area (Å²) in [7, 11) is 0. The Morgan fingerprint density at radius 2 is 1.93 bits per heavy atom. The average molecular weight is 391 g/mol. The summed E-state index contributed by atoms with van der Waals surface area (Å²) < 4.78 is 34.3. The summed E-state index contributed by atoms with van der Waals surface area (Å²) >= 11 is 0. The number of fused-ring (bicyclic) bond motifs is 1. The molecule has 2 heterocycles. The van der Waals surface area contributed by atoms with Gasteiger partial charge in [0, 0.05) is 37.2 Å². The maximum Gasteiger partial charge on any atom is 0.248 e. The third-order valence-corrected chi connectivity index (χ3v) is 6.07. The van der Waals surface area contributed by atoms with E-state index in [1.165, 1.54) is 0 Å². The monoisotopic (exact) mass is 391 g/mol. The lowest BCUT2D eigenvalue weighted by Gasteiger charge is -2.36. The van der Waals surface area contributed by atoms with Gasteiger partial charge in [-0.3, -0.25) is 9.48 Å². The van der Waals surface area contributed by atoms with E-state index < -0.39 is 5.92 Å². The fourth-order valence-corrected chi connectivity index (χ4v) is 4.45. The van der Waals surface area contributed by atoms with Crippen LogP contribution in [0.5, 0.6) is 5.75 Å². The maximum atomic E-state index is 13.3. The molecule has 0 spiro atoms. The van der Waals surface area contributed by atoms with Gasteiger partial charge in [-0.15, -0.1) is 0 Å². The SMILES string of the molecule is CCOc1ccc2c(cnn2C2CCN(C(=O)C3CCC(F)(F)CC3)CC2)c1. The van der Waals surface area contributed by atoms with Crippen molar-refractivity contribution in [2.75, 3.05) is 19.7 Å². The number of hydrogen-bond donors (Lipinski definition) is 0. The van der Waals surface area contributed by atoms with Crippen molar-refractivity contribution < 1.29 is 18.3 Å². The molecule has 1 aliphatic carbocycles. The summed E-state index contributed by atoms with van der Waals surface area (Å²) in [4.78, 5) is 14.6. The van der Waals surface area contributed by atoms with Crippen LogP contribution >= 0.6 is 0 Å². The standard InChI is InChI=1S/C21H27F2N3O2/c1-2-28-18-3-4-19-16(13-18)14-24-26(19)17-7-11-25(12-8-17)20(27)15-5-9-21(22,23)10-6-15/h3-4,13-15,17H,2,5-12H2,1H3. The molecule has 2 fully saturated rings. The second kappa shape index (κ2) is 7.68. The Labute approximate surface area is 163 Å². The van der Waals surface area contributed by atoms with Crippen molar-refractivity contribution in [3.63, 3.8) is 0 Å². The lowest BCUT2D eigenvalue weighted by atomic mass is 9.85. The van der Waals surface area contributed by atoms with Gasteiger partial charge < -0.3 is 9.64 Å². The van der Waals surface area contributed by atoms with Crippen molar-refractivity contribution >= 4 is 16.8 Å². The van der Waals surface area contributed by atoms with E-state index in [-0.39, 0.29) is 30.7 Å². The molecule has 1 aromatic carbocycles. The molecule has 5 nitrogen and oxygen atoms in total. The van der Waals surface area contributed by atoms with Crippen LogP contribution in [0.1, 0.15) is 51.5 Å². The van der Waals surface area contributed by atoms with Gasteiger partial charge in [0.15, 0.2) is 0 Å². The molecule has 2 aliphatic rings. The van der Waals surface area contributed by atoms with Gasteiger partial charge in [-0.05, 0) is 50.8 Å². The normalized spacial score (nSPS) is 21.2. The van der Waals surface area contributed by atoms with Crippen molar-refractivity contribution in [2.24, 2.45) is 5.92 Å². The number of amides is 1. The van der Waals surface area contributed by atoms with E-state index in [9.17, 15) is 13.6 Å². The van der Waals surface area contributed by atoms with Crippen molar-refractivity contribution in [3.8, 4) is 5.75 Å². The van der Waals surface area contributed by atoms with Gasteiger partial charge in [0.05, 0.1) is 24.4 Å². The number of carbonyl (C=O) groups excluding carboxylic acids is 1. The van der Waals surface area contributed by atoms with Gasteiger partial charge in [0.1, 0.15) is 5.75 Å². The number of nitrogens with zero attached hydrogens (tertiary/aromatic N) is 3. The number of alkyl halides is 2. The van der Waals surface area contributed by atoms with Gasteiger partial charge in [0.25, 0.3) is 0 Å². The zero-order valence-corrected chi connectivity index (χ0v) is 16.2. The van der Waals surface area contributed by atoms with Gasteiger partial charge in [0.2, 0.25) is 11.8 Å². The van der Waals surface area contributed by atoms with Crippen molar-refractivity contribution in [3.05, 3.63) is 24.4 Å². The first-order valence-corrected chi connectivity index (χ1v) is 10.2. The molecule has 1 aliphatic heterocycles. The minimum absolute atomic E-state index is 0.0561. The Balaban J connectivity index is 1.38. The lowest BCUT2D eigenvalue weighted by Crippen LogP contribution is -2.44. The Hall–Kier alpha value is -2.18. The van der Waals surface area contributed by atoms with Crippen LogP contribution in [0.25, 0.3) is 10.9 Å². The first-order chi connectivity index (χ1) is 13.5. The van der Waals surface area contributed by atoms with Crippen LogP contribution in [0.4, 0.5) is 8.78 Å². The van der Waals surface area contributed by atoms with Gasteiger partial charge >= 0.3 is 0 Å². The molecule has 0 N–H and O–H groups in total. The van der Waals surface area contributed by atoms with Crippen molar-refractivity contribution in [1.82, 2.24) is 14.7 Å². The fourth-order valence-electron chi connectivity index (χ4n) is 4.45. The predicted octanol–water partition coefficient (Wildman–Crippen LogP) is 4.42. The Morgan fingerprint density at radius 3 is 2.61 bits per heavy atom. The molecule has 0 radical (unpaired) electrons. The van der Waals surface area contributed by atoms with Crippen LogP contribution in [0.2, 0.25) is 0 Å². The van der Waals surface area contributed by atoms with Crippen LogP contribution in [0.15, 0.2) is 24.4 Å². The quantitative estimate of drug-likeness (QED) is 0.775. The van der Waals surface area contributed by atoms with E-state index in [4.69, 9.17) is 4.74 Å². The first kappa shape index (κ1) is 19.2. The van der Waals surface area contributed by atoms with Crippen LogP contribution in [0.3, 0.4) is 0 Å². The molecule has 7 heteroatoms. The molecule has 0 unspecified atom stereocenters. The smallest absolute Gasteiger partial charge is 0.248 e. The second-order valence-electron chi connectivity index (χ2n) is 7.93. The number of benzene rings is 1. The summed E-state index contributed by atoms with van der Waals surface area (Å²) in [5.74, 6) is -1.93. The number of ether oxygens (including phenoxy) is 1. The number of halogens is 2. The molecule has 1 amide bonds. The number of likely N-dealkylation sites (tertiary alicyclic amines) is 1. The molecular weight excluding hydrogens is 364 g/mol. The predicted molar refractivity (Wildman–Crippen MR) is 103 cm³/mol. The molecular formula is C21H27F2N3O2. The molecule has 4 rings (SSSR count). The molecule has 0 bridgehead atoms. The minimum Gasteiger partial charge on any atom is -0.494 e. The zero-order chi connectivity index (χ0) is 19.7. The Bertz CT molecular complexity index is 833. The maximum absolute atomic E-state index is 13.3. The van der Waals surface area contributed by atoms with Gasteiger partial charge in [-0.25, -0.2) is 8.78 Å². The molecule has 28 heavy (non-hydrogen) atoms. The minimum atomic E-state index is -2.59. The Morgan fingerprint density at radius 1 is 1.21 bits per heavy atom. The fraction of sp³-hybridized carbons (Fsp3) is 0.619. The number of piperidine rings is 1. The highest BCUT2D eigenvalue weighted by Crippen LogP contribution is 2.37. The van der Waals surface area contributed by atoms with Crippen LogP contribution in [0, 0.1) is 5.92 Å². The van der Waals surface area contributed by atoms with Gasteiger partial charge in [-0.2, -0.15) is 5.10 Å². The summed E-state index contributed by atoms with van der Waals surface area (Å²) in [5.41, 5.74) is 1.07. The van der Waals surface area contributed by atoms with E-state index in [2.05, 4.69) is 5.10 Å². The summed E-state index contributed by atoms with van der Waals surface area (Å²) in [6, 6.07) is 6.24. The highest BCUT2D eigenvalue weighted by molar-refractivity contribution is 5.80.